The maximum absolute atomic E-state index is 12.5. The predicted octanol–water partition coefficient (Wildman–Crippen LogP) is 1.29. The van der Waals surface area contributed by atoms with Crippen molar-refractivity contribution in [1.29, 1.82) is 0 Å². The van der Waals surface area contributed by atoms with Gasteiger partial charge >= 0.3 is 18.3 Å². The largest absolute Gasteiger partial charge is 0.433 e. The van der Waals surface area contributed by atoms with Gasteiger partial charge < -0.3 is 15.0 Å². The molecule has 2 saturated heterocycles. The van der Waals surface area contributed by atoms with Crippen molar-refractivity contribution in [3.05, 3.63) is 18.0 Å². The van der Waals surface area contributed by atoms with Crippen LogP contribution >= 0.6 is 0 Å². The van der Waals surface area contributed by atoms with Crippen molar-refractivity contribution < 1.29 is 22.7 Å². The van der Waals surface area contributed by atoms with Crippen LogP contribution in [0.2, 0.25) is 0 Å². The zero-order valence-electron chi connectivity index (χ0n) is 10.9. The van der Waals surface area contributed by atoms with E-state index in [1.807, 2.05) is 0 Å². The van der Waals surface area contributed by atoms with Gasteiger partial charge in [0, 0.05) is 25.3 Å². The van der Waals surface area contributed by atoms with Crippen LogP contribution < -0.4 is 10.1 Å². The van der Waals surface area contributed by atoms with E-state index in [0.29, 0.717) is 19.0 Å². The Morgan fingerprint density at radius 3 is 2.90 bits per heavy atom. The van der Waals surface area contributed by atoms with Crippen molar-refractivity contribution in [1.82, 2.24) is 20.2 Å². The minimum atomic E-state index is -4.60. The van der Waals surface area contributed by atoms with Crippen molar-refractivity contribution in [2.75, 3.05) is 19.6 Å². The first-order valence-corrected chi connectivity index (χ1v) is 6.54. The third-order valence-corrected chi connectivity index (χ3v) is 3.76. The SMILES string of the molecule is O=C(Oc1nccc(C(F)(F)F)n1)N1CCC2CNC2C1. The maximum Gasteiger partial charge on any atom is 0.433 e. The molecular weight excluding hydrogens is 289 g/mol. The van der Waals surface area contributed by atoms with E-state index in [-0.39, 0.29) is 6.04 Å². The number of nitrogens with one attached hydrogen (secondary N) is 1. The predicted molar refractivity (Wildman–Crippen MR) is 64.5 cm³/mol. The number of likely N-dealkylation sites (tertiary alicyclic amines) is 1. The van der Waals surface area contributed by atoms with Gasteiger partial charge in [-0.3, -0.25) is 0 Å². The van der Waals surface area contributed by atoms with Crippen molar-refractivity contribution in [2.45, 2.75) is 18.6 Å². The number of nitrogens with zero attached hydrogens (tertiary/aromatic N) is 3. The van der Waals surface area contributed by atoms with Crippen LogP contribution in [0.1, 0.15) is 12.1 Å². The Morgan fingerprint density at radius 1 is 1.48 bits per heavy atom. The number of ether oxygens (including phenoxy) is 1. The van der Waals surface area contributed by atoms with Crippen LogP contribution in [0, 0.1) is 5.92 Å². The van der Waals surface area contributed by atoms with E-state index in [1.165, 1.54) is 4.90 Å². The molecule has 1 aromatic heterocycles. The van der Waals surface area contributed by atoms with E-state index in [1.54, 1.807) is 0 Å². The summed E-state index contributed by atoms with van der Waals surface area (Å²) in [6.45, 7) is 1.97. The van der Waals surface area contributed by atoms with Gasteiger partial charge in [-0.1, -0.05) is 0 Å². The summed E-state index contributed by atoms with van der Waals surface area (Å²) in [6.07, 6.45) is -3.55. The molecule has 0 aromatic carbocycles. The number of fused-ring (bicyclic) bond motifs is 1. The fraction of sp³-hybridized carbons (Fsp3) is 0.583. The lowest BCUT2D eigenvalue weighted by Crippen LogP contribution is -2.63. The van der Waals surface area contributed by atoms with E-state index in [9.17, 15) is 18.0 Å². The van der Waals surface area contributed by atoms with Crippen molar-refractivity contribution in [3.63, 3.8) is 0 Å². The molecule has 21 heavy (non-hydrogen) atoms. The lowest BCUT2D eigenvalue weighted by atomic mass is 9.85. The van der Waals surface area contributed by atoms with E-state index >= 15 is 0 Å². The number of halogens is 3. The number of aromatic nitrogens is 2. The molecule has 1 N–H and O–H groups in total. The molecule has 0 radical (unpaired) electrons. The molecule has 2 atom stereocenters. The molecule has 2 aliphatic heterocycles. The van der Waals surface area contributed by atoms with Crippen LogP contribution in [0.3, 0.4) is 0 Å². The normalized spacial score (nSPS) is 25.0. The molecule has 1 amide bonds. The van der Waals surface area contributed by atoms with Crippen LogP contribution in [0.5, 0.6) is 6.01 Å². The number of carbonyl (C=O) groups excluding carboxylic acids is 1. The van der Waals surface area contributed by atoms with E-state index in [2.05, 4.69) is 15.3 Å². The Balaban J connectivity index is 1.64. The van der Waals surface area contributed by atoms with E-state index < -0.39 is 24.0 Å². The van der Waals surface area contributed by atoms with Crippen molar-refractivity contribution in [2.24, 2.45) is 5.92 Å². The molecule has 2 unspecified atom stereocenters. The summed E-state index contributed by atoms with van der Waals surface area (Å²) in [4.78, 5) is 20.1. The third-order valence-electron chi connectivity index (χ3n) is 3.76. The average molecular weight is 302 g/mol. The lowest BCUT2D eigenvalue weighted by molar-refractivity contribution is -0.141. The molecule has 114 valence electrons. The number of rotatable bonds is 1. The average Bonchev–Trinajstić information content (AvgIpc) is 2.39. The fourth-order valence-electron chi connectivity index (χ4n) is 2.47. The quantitative estimate of drug-likeness (QED) is 0.846. The van der Waals surface area contributed by atoms with Crippen LogP contribution in [0.4, 0.5) is 18.0 Å². The summed E-state index contributed by atoms with van der Waals surface area (Å²) in [5, 5.41) is 3.20. The summed E-state index contributed by atoms with van der Waals surface area (Å²) < 4.78 is 42.4. The number of hydrogen-bond donors (Lipinski definition) is 1. The Hall–Kier alpha value is -1.90. The fourth-order valence-corrected chi connectivity index (χ4v) is 2.47. The van der Waals surface area contributed by atoms with Gasteiger partial charge in [-0.2, -0.15) is 18.2 Å². The third kappa shape index (κ3) is 2.92. The van der Waals surface area contributed by atoms with Crippen LogP contribution in [0.25, 0.3) is 0 Å². The Labute approximate surface area is 118 Å². The molecule has 0 saturated carbocycles. The van der Waals surface area contributed by atoms with Gasteiger partial charge in [0.25, 0.3) is 0 Å². The summed E-state index contributed by atoms with van der Waals surface area (Å²) in [5.41, 5.74) is -1.14. The van der Waals surface area contributed by atoms with Crippen LogP contribution in [-0.4, -0.2) is 46.6 Å². The van der Waals surface area contributed by atoms with Gasteiger partial charge in [-0.05, 0) is 24.9 Å². The van der Waals surface area contributed by atoms with Crippen molar-refractivity contribution in [3.8, 4) is 6.01 Å². The molecule has 1 aromatic rings. The first-order chi connectivity index (χ1) is 9.93. The highest BCUT2D eigenvalue weighted by Crippen LogP contribution is 2.28. The van der Waals surface area contributed by atoms with E-state index in [4.69, 9.17) is 4.74 Å². The number of amides is 1. The highest BCUT2D eigenvalue weighted by atomic mass is 19.4. The van der Waals surface area contributed by atoms with Gasteiger partial charge in [0.05, 0.1) is 0 Å². The van der Waals surface area contributed by atoms with Gasteiger partial charge in [0.15, 0.2) is 5.69 Å². The summed E-state index contributed by atoms with van der Waals surface area (Å²) in [7, 11) is 0. The molecule has 0 aliphatic carbocycles. The summed E-state index contributed by atoms with van der Waals surface area (Å²) in [6, 6.07) is 0.383. The van der Waals surface area contributed by atoms with Crippen molar-refractivity contribution >= 4 is 6.09 Å². The van der Waals surface area contributed by atoms with E-state index in [0.717, 1.165) is 25.2 Å². The van der Waals surface area contributed by atoms with Gasteiger partial charge in [0.2, 0.25) is 0 Å². The van der Waals surface area contributed by atoms with Crippen LogP contribution in [0.15, 0.2) is 12.3 Å². The number of alkyl halides is 3. The second kappa shape index (κ2) is 5.14. The minimum Gasteiger partial charge on any atom is -0.374 e. The second-order valence-electron chi connectivity index (χ2n) is 5.10. The molecule has 9 heteroatoms. The highest BCUT2D eigenvalue weighted by molar-refractivity contribution is 5.70. The monoisotopic (exact) mass is 302 g/mol. The Bertz CT molecular complexity index is 552. The zero-order valence-corrected chi connectivity index (χ0v) is 10.9. The Morgan fingerprint density at radius 2 is 2.29 bits per heavy atom. The molecular formula is C12H13F3N4O2. The van der Waals surface area contributed by atoms with Crippen LogP contribution in [-0.2, 0) is 6.18 Å². The number of piperidine rings is 1. The zero-order chi connectivity index (χ0) is 15.0. The summed E-state index contributed by atoms with van der Waals surface area (Å²) >= 11 is 0. The minimum absolute atomic E-state index is 0.244. The molecule has 3 rings (SSSR count). The molecule has 0 spiro atoms. The first-order valence-electron chi connectivity index (χ1n) is 6.54. The molecule has 3 heterocycles. The lowest BCUT2D eigenvalue weighted by Gasteiger charge is -2.45. The second-order valence-corrected chi connectivity index (χ2v) is 5.10. The van der Waals surface area contributed by atoms with Gasteiger partial charge in [-0.15, -0.1) is 0 Å². The smallest absolute Gasteiger partial charge is 0.374 e. The summed E-state index contributed by atoms with van der Waals surface area (Å²) in [5.74, 6) is 0.568. The molecule has 0 bridgehead atoms. The molecule has 2 fully saturated rings. The van der Waals surface area contributed by atoms with Gasteiger partial charge in [-0.25, -0.2) is 9.78 Å². The number of hydrogen-bond acceptors (Lipinski definition) is 5. The van der Waals surface area contributed by atoms with Gasteiger partial charge in [0.1, 0.15) is 0 Å². The standard InChI is InChI=1S/C12H13F3N4O2/c13-12(14,15)9-1-3-16-10(18-9)21-11(20)19-4-2-7-5-17-8(7)6-19/h1,3,7-8,17H,2,4-6H2. The maximum atomic E-state index is 12.5. The molecule has 6 nitrogen and oxygen atoms in total. The molecule has 2 aliphatic rings. The first kappa shape index (κ1) is 14.1. The topological polar surface area (TPSA) is 67.3 Å². The number of carbonyl (C=O) groups is 1. The highest BCUT2D eigenvalue weighted by Gasteiger charge is 2.38. The Kier molecular flexibility index (Phi) is 3.44.